The number of rotatable bonds is 4. The fraction of sp³-hybridized carbons (Fsp3) is 0.286. The lowest BCUT2D eigenvalue weighted by molar-refractivity contribution is 0.279. The monoisotopic (exact) mass is 306 g/mol. The van der Waals surface area contributed by atoms with Gasteiger partial charge in [-0.15, -0.1) is 0 Å². The van der Waals surface area contributed by atoms with E-state index >= 15 is 0 Å². The molecule has 1 heterocycles. The Kier molecular flexibility index (Phi) is 4.44. The van der Waals surface area contributed by atoms with Gasteiger partial charge in [-0.2, -0.15) is 0 Å². The Hall–Kier alpha value is -1.26. The van der Waals surface area contributed by atoms with Gasteiger partial charge < -0.3 is 5.11 Å². The maximum atomic E-state index is 9.18. The summed E-state index contributed by atoms with van der Waals surface area (Å²) in [6, 6.07) is 8.13. The van der Waals surface area contributed by atoms with Gasteiger partial charge in [-0.3, -0.25) is 0 Å². The van der Waals surface area contributed by atoms with E-state index in [9.17, 15) is 5.11 Å². The molecule has 0 spiro atoms. The predicted molar refractivity (Wildman–Crippen MR) is 74.3 cm³/mol. The Labute approximate surface area is 115 Å². The van der Waals surface area contributed by atoms with Crippen molar-refractivity contribution >= 4 is 15.9 Å². The lowest BCUT2D eigenvalue weighted by Crippen LogP contribution is -2.04. The first-order chi connectivity index (χ1) is 8.72. The van der Waals surface area contributed by atoms with E-state index in [2.05, 4.69) is 38.0 Å². The van der Waals surface area contributed by atoms with Gasteiger partial charge in [0.15, 0.2) is 0 Å². The number of hydrogen-bond donors (Lipinski definition) is 1. The van der Waals surface area contributed by atoms with E-state index in [1.165, 1.54) is 5.56 Å². The average molecular weight is 307 g/mol. The summed E-state index contributed by atoms with van der Waals surface area (Å²) < 4.78 is 1.07. The lowest BCUT2D eigenvalue weighted by atomic mass is 10.1. The minimum atomic E-state index is 0.00172. The van der Waals surface area contributed by atoms with E-state index < -0.39 is 0 Å². The molecule has 0 bridgehead atoms. The molecule has 3 nitrogen and oxygen atoms in total. The van der Waals surface area contributed by atoms with Crippen LogP contribution in [0.4, 0.5) is 0 Å². The lowest BCUT2D eigenvalue weighted by Gasteiger charge is -2.06. The smallest absolute Gasteiger partial charge is 0.132 e. The van der Waals surface area contributed by atoms with E-state index in [0.717, 1.165) is 28.0 Å². The summed E-state index contributed by atoms with van der Waals surface area (Å²) in [5.74, 6) is 0.798. The minimum Gasteiger partial charge on any atom is -0.392 e. The Morgan fingerprint density at radius 3 is 2.56 bits per heavy atom. The number of halogens is 1. The molecule has 0 aliphatic heterocycles. The first-order valence-electron chi connectivity index (χ1n) is 5.92. The predicted octanol–water partition coefficient (Wildman–Crippen LogP) is 2.88. The fourth-order valence-corrected chi connectivity index (χ4v) is 2.06. The van der Waals surface area contributed by atoms with Gasteiger partial charge >= 0.3 is 0 Å². The molecule has 18 heavy (non-hydrogen) atoms. The third kappa shape index (κ3) is 3.15. The molecule has 4 heteroatoms. The van der Waals surface area contributed by atoms with Gasteiger partial charge in [-0.05, 0) is 24.1 Å². The maximum Gasteiger partial charge on any atom is 0.132 e. The number of aliphatic hydroxyl groups is 1. The third-order valence-corrected chi connectivity index (χ3v) is 3.31. The molecule has 0 aliphatic rings. The van der Waals surface area contributed by atoms with E-state index in [-0.39, 0.29) is 6.61 Å². The molecule has 2 rings (SSSR count). The van der Waals surface area contributed by atoms with Crippen LogP contribution in [0.5, 0.6) is 0 Å². The highest BCUT2D eigenvalue weighted by molar-refractivity contribution is 9.10. The van der Waals surface area contributed by atoms with Gasteiger partial charge in [0.05, 0.1) is 6.61 Å². The zero-order chi connectivity index (χ0) is 13.0. The second-order valence-electron chi connectivity index (χ2n) is 4.07. The maximum absolute atomic E-state index is 9.18. The summed E-state index contributed by atoms with van der Waals surface area (Å²) in [6.07, 6.45) is 3.25. The molecular formula is C14H15BrN2O. The van der Waals surface area contributed by atoms with Crippen LogP contribution < -0.4 is 0 Å². The molecule has 1 aromatic heterocycles. The van der Waals surface area contributed by atoms with E-state index in [0.29, 0.717) is 6.42 Å². The number of benzene rings is 1. The summed E-state index contributed by atoms with van der Waals surface area (Å²) in [4.78, 5) is 8.79. The molecule has 0 unspecified atom stereocenters. The average Bonchev–Trinajstić information content (AvgIpc) is 2.41. The molecule has 1 N–H and O–H groups in total. The molecule has 0 aliphatic carbocycles. The summed E-state index contributed by atoms with van der Waals surface area (Å²) in [5.41, 5.74) is 2.92. The fourth-order valence-electron chi connectivity index (χ4n) is 1.79. The van der Waals surface area contributed by atoms with Crippen LogP contribution in [-0.2, 0) is 19.4 Å². The normalized spacial score (nSPS) is 10.6. The van der Waals surface area contributed by atoms with Gasteiger partial charge in [0.1, 0.15) is 5.82 Å². The summed E-state index contributed by atoms with van der Waals surface area (Å²) in [5, 5.41) is 9.18. The van der Waals surface area contributed by atoms with Crippen LogP contribution in [0.25, 0.3) is 0 Å². The molecular weight excluding hydrogens is 292 g/mol. The summed E-state index contributed by atoms with van der Waals surface area (Å²) >= 11 is 3.41. The quantitative estimate of drug-likeness (QED) is 0.945. The van der Waals surface area contributed by atoms with Gasteiger partial charge in [-0.1, -0.05) is 35.0 Å². The molecule has 2 aromatic rings. The number of hydrogen-bond acceptors (Lipinski definition) is 3. The number of aromatic nitrogens is 2. The zero-order valence-electron chi connectivity index (χ0n) is 10.2. The molecule has 0 saturated heterocycles. The van der Waals surface area contributed by atoms with Crippen molar-refractivity contribution in [3.8, 4) is 0 Å². The molecule has 1 aromatic carbocycles. The summed E-state index contributed by atoms with van der Waals surface area (Å²) in [7, 11) is 0. The highest BCUT2D eigenvalue weighted by atomic mass is 79.9. The highest BCUT2D eigenvalue weighted by Crippen LogP contribution is 2.13. The second kappa shape index (κ2) is 6.07. The van der Waals surface area contributed by atoms with Crippen LogP contribution >= 0.6 is 15.9 Å². The van der Waals surface area contributed by atoms with Crippen LogP contribution in [-0.4, -0.2) is 15.1 Å². The molecule has 0 fully saturated rings. The molecule has 0 radical (unpaired) electrons. The van der Waals surface area contributed by atoms with E-state index in [1.54, 1.807) is 6.20 Å². The van der Waals surface area contributed by atoms with Crippen molar-refractivity contribution in [2.24, 2.45) is 0 Å². The van der Waals surface area contributed by atoms with Crippen LogP contribution in [0.2, 0.25) is 0 Å². The molecule has 0 saturated carbocycles. The third-order valence-electron chi connectivity index (χ3n) is 2.78. The second-order valence-corrected chi connectivity index (χ2v) is 4.99. The van der Waals surface area contributed by atoms with Gasteiger partial charge in [0, 0.05) is 28.3 Å². The van der Waals surface area contributed by atoms with Crippen LogP contribution in [0.3, 0.4) is 0 Å². The summed E-state index contributed by atoms with van der Waals surface area (Å²) in [6.45, 7) is 2.03. The van der Waals surface area contributed by atoms with Crippen LogP contribution in [0.1, 0.15) is 29.6 Å². The van der Waals surface area contributed by atoms with Crippen molar-refractivity contribution in [3.63, 3.8) is 0 Å². The van der Waals surface area contributed by atoms with Crippen LogP contribution in [0.15, 0.2) is 34.9 Å². The molecule has 0 atom stereocenters. The molecule has 0 amide bonds. The number of nitrogens with zero attached hydrogens (tertiary/aromatic N) is 2. The minimum absolute atomic E-state index is 0.00172. The number of aliphatic hydroxyl groups excluding tert-OH is 1. The van der Waals surface area contributed by atoms with Crippen molar-refractivity contribution < 1.29 is 5.11 Å². The van der Waals surface area contributed by atoms with E-state index in [1.807, 2.05) is 19.1 Å². The topological polar surface area (TPSA) is 46.0 Å². The molecule has 94 valence electrons. The van der Waals surface area contributed by atoms with Crippen molar-refractivity contribution in [2.45, 2.75) is 26.4 Å². The van der Waals surface area contributed by atoms with Crippen molar-refractivity contribution in [2.75, 3.05) is 0 Å². The Bertz CT molecular complexity index is 526. The van der Waals surface area contributed by atoms with Crippen molar-refractivity contribution in [3.05, 3.63) is 57.6 Å². The van der Waals surface area contributed by atoms with Gasteiger partial charge in [-0.25, -0.2) is 9.97 Å². The first-order valence-corrected chi connectivity index (χ1v) is 6.71. The van der Waals surface area contributed by atoms with E-state index in [4.69, 9.17) is 0 Å². The standard InChI is InChI=1S/C14H15BrN2O/c1-2-13-11(9-18)8-16-14(17-13)7-10-3-5-12(15)6-4-10/h3-6,8,18H,2,7,9H2,1H3. The first kappa shape index (κ1) is 13.2. The Morgan fingerprint density at radius 2 is 1.94 bits per heavy atom. The van der Waals surface area contributed by atoms with Gasteiger partial charge in [0.25, 0.3) is 0 Å². The largest absolute Gasteiger partial charge is 0.392 e. The van der Waals surface area contributed by atoms with Crippen molar-refractivity contribution in [1.29, 1.82) is 0 Å². The highest BCUT2D eigenvalue weighted by Gasteiger charge is 2.05. The SMILES string of the molecule is CCc1nc(Cc2ccc(Br)cc2)ncc1CO. The van der Waals surface area contributed by atoms with Crippen LogP contribution in [0, 0.1) is 0 Å². The number of aryl methyl sites for hydroxylation is 1. The van der Waals surface area contributed by atoms with Crippen molar-refractivity contribution in [1.82, 2.24) is 9.97 Å². The zero-order valence-corrected chi connectivity index (χ0v) is 11.8. The Balaban J connectivity index is 2.21. The Morgan fingerprint density at radius 1 is 1.22 bits per heavy atom. The van der Waals surface area contributed by atoms with Gasteiger partial charge in [0.2, 0.25) is 0 Å².